The minimum atomic E-state index is -0.691. The van der Waals surface area contributed by atoms with Crippen molar-refractivity contribution in [3.05, 3.63) is 34.2 Å². The van der Waals surface area contributed by atoms with Gasteiger partial charge in [-0.15, -0.1) is 0 Å². The fourth-order valence-corrected chi connectivity index (χ4v) is 4.12. The molecule has 29 heavy (non-hydrogen) atoms. The van der Waals surface area contributed by atoms with Gasteiger partial charge in [0.25, 0.3) is 0 Å². The summed E-state index contributed by atoms with van der Waals surface area (Å²) in [5.41, 5.74) is 2.05. The first-order valence-corrected chi connectivity index (χ1v) is 9.98. The number of amides is 3. The summed E-state index contributed by atoms with van der Waals surface area (Å²) in [6.07, 6.45) is 1.54. The molecule has 1 aromatic heterocycles. The topological polar surface area (TPSA) is 105 Å². The van der Waals surface area contributed by atoms with Crippen molar-refractivity contribution in [1.82, 2.24) is 24.7 Å². The van der Waals surface area contributed by atoms with Crippen LogP contribution >= 0.6 is 0 Å². The van der Waals surface area contributed by atoms with Gasteiger partial charge in [0, 0.05) is 46.1 Å². The number of nitrogens with one attached hydrogen (secondary N) is 2. The molecule has 1 atom stereocenters. The zero-order chi connectivity index (χ0) is 20.5. The third kappa shape index (κ3) is 3.69. The average Bonchev–Trinajstić information content (AvgIpc) is 2.97. The average molecular weight is 399 g/mol. The SMILES string of the molecule is Cn1c(=O)n(C2CCC(=O)NC2=O)c2ccc(CCC(=O)N3CCNCC3)cc21. The highest BCUT2D eigenvalue weighted by molar-refractivity contribution is 6.00. The molecule has 0 aliphatic carbocycles. The number of carbonyl (C=O) groups excluding carboxylic acids is 3. The molecular formula is C20H25N5O4. The van der Waals surface area contributed by atoms with E-state index >= 15 is 0 Å². The van der Waals surface area contributed by atoms with Crippen LogP contribution in [0.3, 0.4) is 0 Å². The van der Waals surface area contributed by atoms with Gasteiger partial charge in [0.15, 0.2) is 0 Å². The van der Waals surface area contributed by atoms with Crippen LogP contribution in [0, 0.1) is 0 Å². The monoisotopic (exact) mass is 399 g/mol. The molecule has 3 amide bonds. The van der Waals surface area contributed by atoms with E-state index in [9.17, 15) is 19.2 Å². The fraction of sp³-hybridized carbons (Fsp3) is 0.500. The van der Waals surface area contributed by atoms with Gasteiger partial charge in [-0.05, 0) is 30.5 Å². The van der Waals surface area contributed by atoms with E-state index in [0.717, 1.165) is 31.7 Å². The number of imidazole rings is 1. The molecule has 4 rings (SSSR count). The molecule has 0 spiro atoms. The van der Waals surface area contributed by atoms with Crippen molar-refractivity contribution >= 4 is 28.8 Å². The first-order valence-electron chi connectivity index (χ1n) is 9.98. The molecule has 0 bridgehead atoms. The smallest absolute Gasteiger partial charge is 0.329 e. The van der Waals surface area contributed by atoms with E-state index in [2.05, 4.69) is 10.6 Å². The molecule has 2 N–H and O–H groups in total. The number of benzene rings is 1. The van der Waals surface area contributed by atoms with Gasteiger partial charge in [-0.25, -0.2) is 4.79 Å². The summed E-state index contributed by atoms with van der Waals surface area (Å²) in [7, 11) is 1.67. The van der Waals surface area contributed by atoms with Gasteiger partial charge >= 0.3 is 5.69 Å². The molecule has 2 aliphatic heterocycles. The third-order valence-electron chi connectivity index (χ3n) is 5.77. The third-order valence-corrected chi connectivity index (χ3v) is 5.77. The number of carbonyl (C=O) groups is 3. The zero-order valence-corrected chi connectivity index (χ0v) is 16.4. The molecule has 3 heterocycles. The van der Waals surface area contributed by atoms with Crippen LogP contribution in [0.5, 0.6) is 0 Å². The van der Waals surface area contributed by atoms with E-state index in [-0.39, 0.29) is 23.9 Å². The maximum absolute atomic E-state index is 12.8. The number of piperazine rings is 1. The molecule has 1 aromatic carbocycles. The number of rotatable bonds is 4. The maximum atomic E-state index is 12.8. The van der Waals surface area contributed by atoms with Crippen molar-refractivity contribution in [3.8, 4) is 0 Å². The second-order valence-electron chi connectivity index (χ2n) is 7.63. The Balaban J connectivity index is 1.56. The van der Waals surface area contributed by atoms with E-state index in [0.29, 0.717) is 30.3 Å². The number of piperidine rings is 1. The Bertz CT molecular complexity index is 1030. The van der Waals surface area contributed by atoms with Crippen molar-refractivity contribution in [2.45, 2.75) is 31.7 Å². The van der Waals surface area contributed by atoms with Gasteiger partial charge in [0.2, 0.25) is 17.7 Å². The Labute approximate surface area is 167 Å². The first kappa shape index (κ1) is 19.4. The van der Waals surface area contributed by atoms with E-state index in [1.807, 2.05) is 23.1 Å². The van der Waals surface area contributed by atoms with Crippen molar-refractivity contribution in [2.24, 2.45) is 7.05 Å². The van der Waals surface area contributed by atoms with Crippen molar-refractivity contribution in [3.63, 3.8) is 0 Å². The molecule has 2 aliphatic rings. The van der Waals surface area contributed by atoms with E-state index in [1.54, 1.807) is 7.05 Å². The molecule has 9 nitrogen and oxygen atoms in total. The lowest BCUT2D eigenvalue weighted by Crippen LogP contribution is -2.46. The summed E-state index contributed by atoms with van der Waals surface area (Å²) in [5, 5.41) is 5.55. The van der Waals surface area contributed by atoms with Crippen LogP contribution in [0.15, 0.2) is 23.0 Å². The van der Waals surface area contributed by atoms with Crippen LogP contribution in [0.2, 0.25) is 0 Å². The van der Waals surface area contributed by atoms with Gasteiger partial charge in [-0.3, -0.25) is 28.8 Å². The largest absolute Gasteiger partial charge is 0.340 e. The number of hydrogen-bond acceptors (Lipinski definition) is 5. The summed E-state index contributed by atoms with van der Waals surface area (Å²) in [4.78, 5) is 50.8. The molecule has 2 saturated heterocycles. The zero-order valence-electron chi connectivity index (χ0n) is 16.4. The molecule has 9 heteroatoms. The number of hydrogen-bond donors (Lipinski definition) is 2. The lowest BCUT2D eigenvalue weighted by atomic mass is 10.0. The van der Waals surface area contributed by atoms with Crippen LogP contribution in [-0.4, -0.2) is 57.9 Å². The van der Waals surface area contributed by atoms with Crippen LogP contribution in [0.1, 0.15) is 30.9 Å². The molecular weight excluding hydrogens is 374 g/mol. The number of aromatic nitrogens is 2. The quantitative estimate of drug-likeness (QED) is 0.686. The molecule has 154 valence electrons. The Morgan fingerprint density at radius 3 is 2.62 bits per heavy atom. The Morgan fingerprint density at radius 2 is 1.90 bits per heavy atom. The van der Waals surface area contributed by atoms with Crippen LogP contribution in [0.4, 0.5) is 0 Å². The van der Waals surface area contributed by atoms with Crippen molar-refractivity contribution in [2.75, 3.05) is 26.2 Å². The van der Waals surface area contributed by atoms with Crippen LogP contribution in [0.25, 0.3) is 11.0 Å². The van der Waals surface area contributed by atoms with Gasteiger partial charge in [0.05, 0.1) is 11.0 Å². The number of fused-ring (bicyclic) bond motifs is 1. The molecule has 2 aromatic rings. The highest BCUT2D eigenvalue weighted by atomic mass is 16.2. The minimum absolute atomic E-state index is 0.140. The number of imide groups is 1. The number of aryl methyl sites for hydroxylation is 2. The Kier molecular flexibility index (Phi) is 5.23. The maximum Gasteiger partial charge on any atom is 0.329 e. The predicted molar refractivity (Wildman–Crippen MR) is 106 cm³/mol. The summed E-state index contributed by atoms with van der Waals surface area (Å²) in [6.45, 7) is 3.13. The molecule has 1 unspecified atom stereocenters. The summed E-state index contributed by atoms with van der Waals surface area (Å²) in [5.74, 6) is -0.612. The van der Waals surface area contributed by atoms with E-state index < -0.39 is 11.9 Å². The van der Waals surface area contributed by atoms with Gasteiger partial charge in [0.1, 0.15) is 6.04 Å². The van der Waals surface area contributed by atoms with Gasteiger partial charge in [-0.2, -0.15) is 0 Å². The van der Waals surface area contributed by atoms with Crippen LogP contribution in [-0.2, 0) is 27.9 Å². The first-order chi connectivity index (χ1) is 14.0. The summed E-state index contributed by atoms with van der Waals surface area (Å²) >= 11 is 0. The summed E-state index contributed by atoms with van der Waals surface area (Å²) in [6, 6.07) is 4.94. The minimum Gasteiger partial charge on any atom is -0.340 e. The van der Waals surface area contributed by atoms with Gasteiger partial charge < -0.3 is 10.2 Å². The number of nitrogens with zero attached hydrogens (tertiary/aromatic N) is 3. The molecule has 0 radical (unpaired) electrons. The second kappa shape index (κ2) is 7.82. The normalized spacial score (nSPS) is 20.2. The summed E-state index contributed by atoms with van der Waals surface area (Å²) < 4.78 is 2.98. The predicted octanol–water partition coefficient (Wildman–Crippen LogP) is -0.318. The van der Waals surface area contributed by atoms with Crippen molar-refractivity contribution < 1.29 is 14.4 Å². The molecule has 2 fully saturated rings. The van der Waals surface area contributed by atoms with Crippen LogP contribution < -0.4 is 16.3 Å². The Morgan fingerprint density at radius 1 is 1.14 bits per heavy atom. The highest BCUT2D eigenvalue weighted by Gasteiger charge is 2.31. The van der Waals surface area contributed by atoms with Gasteiger partial charge in [-0.1, -0.05) is 6.07 Å². The standard InChI is InChI=1S/C20H25N5O4/c1-23-16-12-13(3-7-18(27)24-10-8-21-9-11-24)2-4-14(16)25(20(23)29)15-5-6-17(26)22-19(15)28/h2,4,12,15,21H,3,5-11H2,1H3,(H,22,26,28). The fourth-order valence-electron chi connectivity index (χ4n) is 4.12. The van der Waals surface area contributed by atoms with E-state index in [1.165, 1.54) is 9.13 Å². The lowest BCUT2D eigenvalue weighted by molar-refractivity contribution is -0.136. The molecule has 0 saturated carbocycles. The van der Waals surface area contributed by atoms with Crippen molar-refractivity contribution in [1.29, 1.82) is 0 Å². The second-order valence-corrected chi connectivity index (χ2v) is 7.63. The highest BCUT2D eigenvalue weighted by Crippen LogP contribution is 2.24. The lowest BCUT2D eigenvalue weighted by Gasteiger charge is -2.27. The van der Waals surface area contributed by atoms with E-state index in [4.69, 9.17) is 0 Å². The Hall–Kier alpha value is -2.94.